The molecular weight excluding hydrogens is 349 g/mol. The Balaban J connectivity index is 2.51. The van der Waals surface area contributed by atoms with Gasteiger partial charge in [0.15, 0.2) is 16.6 Å². The van der Waals surface area contributed by atoms with Crippen molar-refractivity contribution >= 4 is 28.8 Å². The number of halogens is 2. The van der Waals surface area contributed by atoms with Crippen molar-refractivity contribution in [1.82, 2.24) is 14.5 Å². The number of nitrogens with one attached hydrogen (secondary N) is 1. The summed E-state index contributed by atoms with van der Waals surface area (Å²) in [4.78, 5) is 34.2. The average molecular weight is 368 g/mol. The number of hydrogen-bond acceptors (Lipinski definition) is 5. The second-order valence-electron chi connectivity index (χ2n) is 5.53. The number of allylic oxidation sites excluding steroid dienone is 1. The van der Waals surface area contributed by atoms with Crippen LogP contribution in [0.1, 0.15) is 32.9 Å². The van der Waals surface area contributed by atoms with Gasteiger partial charge >= 0.3 is 5.69 Å². The van der Waals surface area contributed by atoms with Gasteiger partial charge in [-0.15, -0.1) is 0 Å². The van der Waals surface area contributed by atoms with Gasteiger partial charge in [0.25, 0.3) is 5.56 Å². The first-order valence-corrected chi connectivity index (χ1v) is 8.17. The number of aromatic nitrogens is 3. The summed E-state index contributed by atoms with van der Waals surface area (Å²) in [6, 6.07) is 0.928. The van der Waals surface area contributed by atoms with Crippen molar-refractivity contribution in [2.75, 3.05) is 6.54 Å². The van der Waals surface area contributed by atoms with Gasteiger partial charge in [-0.05, 0) is 31.1 Å². The number of aliphatic imine (C=N–C) groups is 1. The molecule has 0 spiro atoms. The number of pyridine rings is 1. The molecule has 7 nitrogen and oxygen atoms in total. The molecule has 0 radical (unpaired) electrons. The smallest absolute Gasteiger partial charge is 0.307 e. The van der Waals surface area contributed by atoms with Crippen molar-refractivity contribution < 1.29 is 4.39 Å². The lowest BCUT2D eigenvalue weighted by Gasteiger charge is -2.17. The Morgan fingerprint density at radius 2 is 2.28 bits per heavy atom. The van der Waals surface area contributed by atoms with Gasteiger partial charge in [0.1, 0.15) is 6.17 Å². The molecule has 3 N–H and O–H groups in total. The molecule has 0 aliphatic rings. The maximum Gasteiger partial charge on any atom is 0.331 e. The summed E-state index contributed by atoms with van der Waals surface area (Å²) in [6.45, 7) is 4.49. The Bertz CT molecular complexity index is 948. The summed E-state index contributed by atoms with van der Waals surface area (Å²) in [5.41, 5.74) is 5.14. The van der Waals surface area contributed by atoms with E-state index in [0.29, 0.717) is 12.1 Å². The van der Waals surface area contributed by atoms with Crippen LogP contribution in [-0.4, -0.2) is 27.3 Å². The lowest BCUT2D eigenvalue weighted by atomic mass is 10.2. The van der Waals surface area contributed by atoms with Crippen molar-refractivity contribution in [2.24, 2.45) is 10.7 Å². The maximum atomic E-state index is 13.6. The van der Waals surface area contributed by atoms with Crippen LogP contribution in [0.25, 0.3) is 11.0 Å². The van der Waals surface area contributed by atoms with E-state index in [9.17, 15) is 14.0 Å². The first kappa shape index (κ1) is 19.0. The van der Waals surface area contributed by atoms with Crippen molar-refractivity contribution in [3.05, 3.63) is 49.5 Å². The van der Waals surface area contributed by atoms with E-state index in [1.54, 1.807) is 19.2 Å². The zero-order valence-corrected chi connectivity index (χ0v) is 14.7. The third-order valence-electron chi connectivity index (χ3n) is 3.65. The first-order valence-electron chi connectivity index (χ1n) is 7.79. The van der Waals surface area contributed by atoms with Gasteiger partial charge in [0.05, 0.1) is 5.39 Å². The molecule has 2 rings (SSSR count). The fourth-order valence-corrected chi connectivity index (χ4v) is 2.32. The molecule has 0 aliphatic heterocycles. The summed E-state index contributed by atoms with van der Waals surface area (Å²) >= 11 is 5.69. The van der Waals surface area contributed by atoms with Gasteiger partial charge in [-0.1, -0.05) is 24.9 Å². The van der Waals surface area contributed by atoms with E-state index < -0.39 is 28.4 Å². The maximum absolute atomic E-state index is 13.6. The van der Waals surface area contributed by atoms with Gasteiger partial charge in [-0.2, -0.15) is 0 Å². The van der Waals surface area contributed by atoms with Crippen molar-refractivity contribution in [2.45, 2.75) is 32.9 Å². The Labute approximate surface area is 148 Å². The Kier molecular flexibility index (Phi) is 6.22. The van der Waals surface area contributed by atoms with Crippen LogP contribution < -0.4 is 17.0 Å². The number of hydrogen-bond donors (Lipinski definition) is 2. The number of nitrogens with zero attached hydrogens (tertiary/aromatic N) is 3. The molecule has 0 amide bonds. The number of nitrogens with two attached hydrogens (primary N) is 1. The van der Waals surface area contributed by atoms with E-state index in [0.717, 1.165) is 23.5 Å². The fourth-order valence-electron chi connectivity index (χ4n) is 2.18. The van der Waals surface area contributed by atoms with E-state index in [-0.39, 0.29) is 11.0 Å². The van der Waals surface area contributed by atoms with Gasteiger partial charge in [-0.3, -0.25) is 19.3 Å². The normalized spacial score (nSPS) is 13.7. The van der Waals surface area contributed by atoms with Crippen molar-refractivity contribution in [3.63, 3.8) is 0 Å². The minimum Gasteiger partial charge on any atom is -0.307 e. The Morgan fingerprint density at radius 3 is 2.96 bits per heavy atom. The van der Waals surface area contributed by atoms with Gasteiger partial charge in [0.2, 0.25) is 0 Å². The zero-order valence-electron chi connectivity index (χ0n) is 13.9. The molecule has 0 saturated carbocycles. The number of unbranched alkanes of at least 4 members (excludes halogenated alkanes) is 1. The molecule has 134 valence electrons. The highest BCUT2D eigenvalue weighted by Gasteiger charge is 2.18. The van der Waals surface area contributed by atoms with Gasteiger partial charge < -0.3 is 5.73 Å². The molecule has 2 heterocycles. The molecule has 0 aromatic carbocycles. The van der Waals surface area contributed by atoms with Gasteiger partial charge in [-0.25, -0.2) is 14.2 Å². The summed E-state index contributed by atoms with van der Waals surface area (Å²) in [5.74, 6) is -0.853. The van der Waals surface area contributed by atoms with E-state index in [1.165, 1.54) is 0 Å². The summed E-state index contributed by atoms with van der Waals surface area (Å²) in [6.07, 6.45) is 4.39. The lowest BCUT2D eigenvalue weighted by Crippen LogP contribution is -2.37. The fraction of sp³-hybridized carbons (Fsp3) is 0.375. The van der Waals surface area contributed by atoms with Crippen LogP contribution in [0.3, 0.4) is 0 Å². The zero-order chi connectivity index (χ0) is 18.6. The van der Waals surface area contributed by atoms with Crippen molar-refractivity contribution in [3.8, 4) is 0 Å². The standard InChI is InChI=1S/C16H19ClFN5O2/c1-3-4-6-20-7-5-9(2)13(19)23-14-10(15(24)22-16(23)25)8-11(18)12(17)21-14/h5,7-8,13H,3-4,6,19H2,1-2H3,(H,22,24,25)/b9-5-,20-7?/t13-/m0/s1. The molecule has 25 heavy (non-hydrogen) atoms. The molecule has 2 aromatic rings. The van der Waals surface area contributed by atoms with E-state index in [1.807, 2.05) is 0 Å². The second-order valence-corrected chi connectivity index (χ2v) is 5.88. The average Bonchev–Trinajstić information content (AvgIpc) is 2.56. The highest BCUT2D eigenvalue weighted by molar-refractivity contribution is 6.29. The molecule has 0 unspecified atom stereocenters. The monoisotopic (exact) mass is 367 g/mol. The predicted molar refractivity (Wildman–Crippen MR) is 96.8 cm³/mol. The molecule has 0 fully saturated rings. The van der Waals surface area contributed by atoms with Crippen LogP contribution in [0, 0.1) is 5.82 Å². The minimum atomic E-state index is -0.918. The molecule has 0 aliphatic carbocycles. The topological polar surface area (TPSA) is 106 Å². The largest absolute Gasteiger partial charge is 0.331 e. The Hall–Kier alpha value is -2.32. The van der Waals surface area contributed by atoms with Crippen LogP contribution in [0.4, 0.5) is 4.39 Å². The quantitative estimate of drug-likeness (QED) is 0.463. The SMILES string of the molecule is CCCCN=C/C=C(/C)[C@@H](N)n1c(=O)[nH]c(=O)c2cc(F)c(Cl)nc21. The summed E-state index contributed by atoms with van der Waals surface area (Å²) < 4.78 is 14.7. The predicted octanol–water partition coefficient (Wildman–Crippen LogP) is 2.15. The van der Waals surface area contributed by atoms with Crippen LogP contribution in [0.2, 0.25) is 5.15 Å². The summed E-state index contributed by atoms with van der Waals surface area (Å²) in [7, 11) is 0. The van der Waals surface area contributed by atoms with Crippen LogP contribution in [0.5, 0.6) is 0 Å². The van der Waals surface area contributed by atoms with Gasteiger partial charge in [0, 0.05) is 12.8 Å². The molecule has 2 aromatic heterocycles. The van der Waals surface area contributed by atoms with Crippen molar-refractivity contribution in [1.29, 1.82) is 0 Å². The third kappa shape index (κ3) is 4.21. The molecule has 0 saturated heterocycles. The number of H-pyrrole nitrogens is 1. The number of fused-ring (bicyclic) bond motifs is 1. The Morgan fingerprint density at radius 1 is 1.56 bits per heavy atom. The third-order valence-corrected chi connectivity index (χ3v) is 3.92. The highest BCUT2D eigenvalue weighted by atomic mass is 35.5. The molecule has 1 atom stereocenters. The molecule has 9 heteroatoms. The first-order chi connectivity index (χ1) is 11.9. The van der Waals surface area contributed by atoms with E-state index >= 15 is 0 Å². The molecular formula is C16H19ClFN5O2. The van der Waals surface area contributed by atoms with Crippen LogP contribution in [0.15, 0.2) is 32.3 Å². The van der Waals surface area contributed by atoms with E-state index in [4.69, 9.17) is 17.3 Å². The second kappa shape index (κ2) is 8.17. The number of aromatic amines is 1. The highest BCUT2D eigenvalue weighted by Crippen LogP contribution is 2.18. The number of rotatable bonds is 6. The minimum absolute atomic E-state index is 0.0803. The van der Waals surface area contributed by atoms with Crippen LogP contribution in [-0.2, 0) is 0 Å². The molecule has 0 bridgehead atoms. The van der Waals surface area contributed by atoms with Crippen LogP contribution >= 0.6 is 11.6 Å². The van der Waals surface area contributed by atoms with E-state index in [2.05, 4.69) is 21.9 Å². The lowest BCUT2D eigenvalue weighted by molar-refractivity contribution is 0.574. The summed E-state index contributed by atoms with van der Waals surface area (Å²) in [5, 5.41) is -0.553.